The Morgan fingerprint density at radius 2 is 0.821 bits per heavy atom. The standard InChI is InChI=1S/C27H35N3O6S3/c1-6-26(28-37(31,32)23-14-8-20(3)9-15-23)30(39(35,36)25-18-12-22(5)13-19-25)27(7-2)29-38(33,34)24-16-10-21(4)11-17-24/h8-19,26-29H,6-7H2,1-5H3. The number of sulfonamides is 3. The Labute approximate surface area is 232 Å². The van der Waals surface area contributed by atoms with Gasteiger partial charge in [0.1, 0.15) is 0 Å². The van der Waals surface area contributed by atoms with Crippen molar-refractivity contribution in [2.45, 2.75) is 74.5 Å². The quantitative estimate of drug-likeness (QED) is 0.305. The molecule has 39 heavy (non-hydrogen) atoms. The van der Waals surface area contributed by atoms with E-state index in [2.05, 4.69) is 9.44 Å². The zero-order chi connectivity index (χ0) is 29.0. The summed E-state index contributed by atoms with van der Waals surface area (Å²) in [6, 6.07) is 18.4. The van der Waals surface area contributed by atoms with Crippen molar-refractivity contribution in [2.24, 2.45) is 0 Å². The summed E-state index contributed by atoms with van der Waals surface area (Å²) in [6.07, 6.45) is -2.54. The van der Waals surface area contributed by atoms with Crippen LogP contribution in [0.3, 0.4) is 0 Å². The van der Waals surface area contributed by atoms with Crippen molar-refractivity contribution in [1.29, 1.82) is 0 Å². The topological polar surface area (TPSA) is 130 Å². The molecular formula is C27H35N3O6S3. The number of benzene rings is 3. The molecule has 0 bridgehead atoms. The maximum atomic E-state index is 14.0. The van der Waals surface area contributed by atoms with E-state index in [1.165, 1.54) is 36.4 Å². The number of nitrogens with zero attached hydrogens (tertiary/aromatic N) is 1. The second-order valence-corrected chi connectivity index (χ2v) is 14.6. The normalized spacial score (nSPS) is 14.3. The maximum absolute atomic E-state index is 14.0. The molecule has 0 spiro atoms. The van der Waals surface area contributed by atoms with E-state index in [9.17, 15) is 25.3 Å². The molecule has 0 fully saturated rings. The van der Waals surface area contributed by atoms with Gasteiger partial charge in [0.25, 0.3) is 0 Å². The van der Waals surface area contributed by atoms with Crippen LogP contribution < -0.4 is 9.44 Å². The molecular weight excluding hydrogens is 559 g/mol. The predicted molar refractivity (Wildman–Crippen MR) is 151 cm³/mol. The van der Waals surface area contributed by atoms with E-state index in [1.54, 1.807) is 50.2 Å². The first-order valence-electron chi connectivity index (χ1n) is 12.5. The van der Waals surface area contributed by atoms with Gasteiger partial charge in [-0.3, -0.25) is 0 Å². The summed E-state index contributed by atoms with van der Waals surface area (Å²) in [7, 11) is -12.7. The lowest BCUT2D eigenvalue weighted by molar-refractivity contribution is 0.215. The minimum atomic E-state index is -4.38. The van der Waals surface area contributed by atoms with Crippen LogP contribution in [0.5, 0.6) is 0 Å². The molecule has 212 valence electrons. The van der Waals surface area contributed by atoms with E-state index < -0.39 is 42.4 Å². The lowest BCUT2D eigenvalue weighted by Crippen LogP contribution is -2.59. The van der Waals surface area contributed by atoms with Crippen molar-refractivity contribution in [3.05, 3.63) is 89.5 Å². The van der Waals surface area contributed by atoms with Crippen molar-refractivity contribution in [2.75, 3.05) is 0 Å². The predicted octanol–water partition coefficient (Wildman–Crippen LogP) is 4.03. The largest absolute Gasteiger partial charge is 0.245 e. The minimum Gasteiger partial charge on any atom is -0.207 e. The van der Waals surface area contributed by atoms with E-state index >= 15 is 0 Å². The summed E-state index contributed by atoms with van der Waals surface area (Å²) in [4.78, 5) is -0.158. The Morgan fingerprint density at radius 1 is 0.538 bits per heavy atom. The molecule has 0 aliphatic rings. The molecule has 0 radical (unpaired) electrons. The molecule has 2 atom stereocenters. The summed E-state index contributed by atoms with van der Waals surface area (Å²) >= 11 is 0. The molecule has 2 N–H and O–H groups in total. The third-order valence-corrected chi connectivity index (χ3v) is 11.1. The molecule has 0 amide bonds. The highest BCUT2D eigenvalue weighted by molar-refractivity contribution is 7.90. The third kappa shape index (κ3) is 7.33. The third-order valence-electron chi connectivity index (χ3n) is 6.23. The Bertz CT molecular complexity index is 1500. The van der Waals surface area contributed by atoms with Gasteiger partial charge in [0.2, 0.25) is 30.1 Å². The number of rotatable bonds is 12. The van der Waals surface area contributed by atoms with E-state index in [4.69, 9.17) is 0 Å². The average molecular weight is 594 g/mol. The Kier molecular flexibility index (Phi) is 9.73. The van der Waals surface area contributed by atoms with Crippen molar-refractivity contribution in [1.82, 2.24) is 13.7 Å². The van der Waals surface area contributed by atoms with Crippen LogP contribution in [0.4, 0.5) is 0 Å². The fourth-order valence-electron chi connectivity index (χ4n) is 3.94. The fourth-order valence-corrected chi connectivity index (χ4v) is 8.41. The maximum Gasteiger partial charge on any atom is 0.245 e. The molecule has 0 saturated heterocycles. The van der Waals surface area contributed by atoms with E-state index in [-0.39, 0.29) is 27.5 Å². The molecule has 0 saturated carbocycles. The van der Waals surface area contributed by atoms with Gasteiger partial charge in [-0.15, -0.1) is 0 Å². The number of hydrogen-bond acceptors (Lipinski definition) is 6. The lowest BCUT2D eigenvalue weighted by Gasteiger charge is -2.36. The zero-order valence-corrected chi connectivity index (χ0v) is 25.1. The average Bonchev–Trinajstić information content (AvgIpc) is 2.88. The van der Waals surface area contributed by atoms with Crippen LogP contribution in [0, 0.1) is 20.8 Å². The minimum absolute atomic E-state index is 0.0267. The van der Waals surface area contributed by atoms with E-state index in [1.807, 2.05) is 20.8 Å². The first kappa shape index (κ1) is 30.9. The first-order valence-corrected chi connectivity index (χ1v) is 16.9. The Balaban J connectivity index is 2.11. The van der Waals surface area contributed by atoms with Crippen molar-refractivity contribution in [3.63, 3.8) is 0 Å². The zero-order valence-electron chi connectivity index (χ0n) is 22.6. The van der Waals surface area contributed by atoms with Gasteiger partial charge >= 0.3 is 0 Å². The highest BCUT2D eigenvalue weighted by Crippen LogP contribution is 2.25. The first-order chi connectivity index (χ1) is 18.2. The summed E-state index contributed by atoms with van der Waals surface area (Å²) in [6.45, 7) is 8.70. The van der Waals surface area contributed by atoms with Gasteiger partial charge < -0.3 is 0 Å². The van der Waals surface area contributed by atoms with Crippen LogP contribution >= 0.6 is 0 Å². The number of hydrogen-bond donors (Lipinski definition) is 2. The monoisotopic (exact) mass is 593 g/mol. The Hall–Kier alpha value is -2.61. The van der Waals surface area contributed by atoms with Crippen LogP contribution in [0.25, 0.3) is 0 Å². The second kappa shape index (κ2) is 12.3. The van der Waals surface area contributed by atoms with Gasteiger partial charge in [-0.25, -0.2) is 25.3 Å². The van der Waals surface area contributed by atoms with Gasteiger partial charge in [0.05, 0.1) is 27.0 Å². The van der Waals surface area contributed by atoms with Gasteiger partial charge in [-0.05, 0) is 70.0 Å². The summed E-state index contributed by atoms with van der Waals surface area (Å²) in [5.74, 6) is 0. The van der Waals surface area contributed by atoms with E-state index in [0.29, 0.717) is 0 Å². The molecule has 0 heterocycles. The molecule has 9 nitrogen and oxygen atoms in total. The molecule has 0 aliphatic heterocycles. The van der Waals surface area contributed by atoms with Crippen LogP contribution in [-0.4, -0.2) is 41.9 Å². The van der Waals surface area contributed by atoms with Gasteiger partial charge in [0.15, 0.2) is 0 Å². The van der Waals surface area contributed by atoms with Crippen LogP contribution in [0.15, 0.2) is 87.5 Å². The summed E-state index contributed by atoms with van der Waals surface area (Å²) in [5, 5.41) is 0. The summed E-state index contributed by atoms with van der Waals surface area (Å²) < 4.78 is 87.2. The molecule has 3 aromatic carbocycles. The van der Waals surface area contributed by atoms with Gasteiger partial charge in [-0.1, -0.05) is 66.9 Å². The van der Waals surface area contributed by atoms with Crippen LogP contribution in [0.1, 0.15) is 43.4 Å². The van der Waals surface area contributed by atoms with Crippen LogP contribution in [0.2, 0.25) is 0 Å². The molecule has 0 aliphatic carbocycles. The highest BCUT2D eigenvalue weighted by Gasteiger charge is 2.40. The van der Waals surface area contributed by atoms with E-state index in [0.717, 1.165) is 21.0 Å². The summed E-state index contributed by atoms with van der Waals surface area (Å²) in [5.41, 5.74) is 2.56. The van der Waals surface area contributed by atoms with Gasteiger partial charge in [0, 0.05) is 0 Å². The molecule has 0 aromatic heterocycles. The lowest BCUT2D eigenvalue weighted by atomic mass is 10.2. The molecule has 3 aromatic rings. The second-order valence-electron chi connectivity index (χ2n) is 9.36. The fraction of sp³-hybridized carbons (Fsp3) is 0.333. The smallest absolute Gasteiger partial charge is 0.207 e. The highest BCUT2D eigenvalue weighted by atomic mass is 32.2. The molecule has 3 rings (SSSR count). The van der Waals surface area contributed by atoms with Gasteiger partial charge in [-0.2, -0.15) is 13.7 Å². The number of aryl methyl sites for hydroxylation is 3. The van der Waals surface area contributed by atoms with Crippen molar-refractivity contribution < 1.29 is 25.3 Å². The van der Waals surface area contributed by atoms with Crippen LogP contribution in [-0.2, 0) is 30.1 Å². The SMILES string of the molecule is CCC(NS(=O)(=O)c1ccc(C)cc1)N(C(CC)NS(=O)(=O)c1ccc(C)cc1)S(=O)(=O)c1ccc(C)cc1. The molecule has 12 heteroatoms. The number of nitrogens with one attached hydrogen (secondary N) is 2. The van der Waals surface area contributed by atoms with Crippen molar-refractivity contribution >= 4 is 30.1 Å². The molecule has 2 unspecified atom stereocenters. The van der Waals surface area contributed by atoms with Crippen molar-refractivity contribution in [3.8, 4) is 0 Å². The Morgan fingerprint density at radius 3 is 1.10 bits per heavy atom.